The van der Waals surface area contributed by atoms with Gasteiger partial charge in [-0.15, -0.1) is 11.3 Å². The zero-order valence-corrected chi connectivity index (χ0v) is 11.8. The summed E-state index contributed by atoms with van der Waals surface area (Å²) >= 11 is 1.48. The third kappa shape index (κ3) is 3.01. The minimum atomic E-state index is -0.369. The molecule has 0 saturated carbocycles. The maximum absolute atomic E-state index is 13.3. The summed E-state index contributed by atoms with van der Waals surface area (Å²) < 4.78 is 13.3. The van der Waals surface area contributed by atoms with Crippen molar-refractivity contribution in [2.24, 2.45) is 0 Å². The zero-order chi connectivity index (χ0) is 13.8. The number of phenolic OH excluding ortho intramolecular Hbond substituents is 1. The molecular formula is C15H16FNOS. The summed E-state index contributed by atoms with van der Waals surface area (Å²) in [5.74, 6) is -0.310. The Morgan fingerprint density at radius 2 is 2.16 bits per heavy atom. The number of thiazole rings is 1. The fraction of sp³-hybridized carbons (Fsp3) is 0.267. The van der Waals surface area contributed by atoms with Crippen LogP contribution in [0.3, 0.4) is 0 Å². The number of halogens is 1. The number of aromatic hydroxyl groups is 1. The summed E-state index contributed by atoms with van der Waals surface area (Å²) in [4.78, 5) is 5.57. The molecule has 1 heterocycles. The second kappa shape index (κ2) is 5.97. The van der Waals surface area contributed by atoms with E-state index in [0.717, 1.165) is 23.4 Å². The van der Waals surface area contributed by atoms with Crippen molar-refractivity contribution in [2.45, 2.75) is 26.7 Å². The van der Waals surface area contributed by atoms with Gasteiger partial charge in [0.15, 0.2) is 0 Å². The van der Waals surface area contributed by atoms with E-state index in [1.807, 2.05) is 13.0 Å². The van der Waals surface area contributed by atoms with E-state index in [9.17, 15) is 9.50 Å². The van der Waals surface area contributed by atoms with Crippen LogP contribution < -0.4 is 0 Å². The number of benzene rings is 1. The molecule has 19 heavy (non-hydrogen) atoms. The topological polar surface area (TPSA) is 33.1 Å². The van der Waals surface area contributed by atoms with E-state index in [-0.39, 0.29) is 11.6 Å². The van der Waals surface area contributed by atoms with Gasteiger partial charge in [-0.05, 0) is 37.1 Å². The lowest BCUT2D eigenvalue weighted by atomic mass is 10.2. The molecule has 0 aliphatic heterocycles. The smallest absolute Gasteiger partial charge is 0.128 e. The summed E-state index contributed by atoms with van der Waals surface area (Å²) in [6.07, 6.45) is 5.88. The molecular weight excluding hydrogens is 261 g/mol. The second-order valence-electron chi connectivity index (χ2n) is 4.16. The van der Waals surface area contributed by atoms with Gasteiger partial charge in [-0.1, -0.05) is 19.9 Å². The maximum atomic E-state index is 13.3. The van der Waals surface area contributed by atoms with E-state index in [4.69, 9.17) is 0 Å². The van der Waals surface area contributed by atoms with Gasteiger partial charge in [0.2, 0.25) is 0 Å². The molecule has 100 valence electrons. The third-order valence-corrected chi connectivity index (χ3v) is 3.85. The highest BCUT2D eigenvalue weighted by molar-refractivity contribution is 7.16. The first kappa shape index (κ1) is 13.7. The van der Waals surface area contributed by atoms with Gasteiger partial charge in [0.1, 0.15) is 16.6 Å². The van der Waals surface area contributed by atoms with Gasteiger partial charge >= 0.3 is 0 Å². The zero-order valence-electron chi connectivity index (χ0n) is 11.0. The normalized spacial score (nSPS) is 11.3. The number of rotatable bonds is 4. The molecule has 0 aliphatic rings. The van der Waals surface area contributed by atoms with Crippen LogP contribution in [0.4, 0.5) is 4.39 Å². The highest BCUT2D eigenvalue weighted by atomic mass is 32.1. The Bertz CT molecular complexity index is 604. The van der Waals surface area contributed by atoms with Crippen LogP contribution in [0.2, 0.25) is 0 Å². The average Bonchev–Trinajstić information content (AvgIpc) is 2.82. The number of allylic oxidation sites excluding steroid dienone is 1. The summed E-state index contributed by atoms with van der Waals surface area (Å²) in [5.41, 5.74) is 1.43. The Morgan fingerprint density at radius 1 is 1.37 bits per heavy atom. The average molecular weight is 277 g/mol. The van der Waals surface area contributed by atoms with Gasteiger partial charge in [-0.3, -0.25) is 0 Å². The molecule has 0 fully saturated rings. The number of aryl methyl sites for hydroxylation is 1. The Hall–Kier alpha value is -1.68. The van der Waals surface area contributed by atoms with Gasteiger partial charge in [0.25, 0.3) is 0 Å². The SMILES string of the molecule is CC/C=C\c1sc(-c2cc(F)ccc2O)nc1CC. The maximum Gasteiger partial charge on any atom is 0.128 e. The van der Waals surface area contributed by atoms with Gasteiger partial charge < -0.3 is 5.11 Å². The minimum absolute atomic E-state index is 0.0591. The molecule has 1 aromatic heterocycles. The molecule has 2 nitrogen and oxygen atoms in total. The number of phenols is 1. The molecule has 1 aromatic carbocycles. The van der Waals surface area contributed by atoms with E-state index in [1.165, 1.54) is 29.5 Å². The number of nitrogens with zero attached hydrogens (tertiary/aromatic N) is 1. The van der Waals surface area contributed by atoms with Crippen LogP contribution in [0.15, 0.2) is 24.3 Å². The van der Waals surface area contributed by atoms with Gasteiger partial charge in [0, 0.05) is 0 Å². The molecule has 2 rings (SSSR count). The van der Waals surface area contributed by atoms with Crippen molar-refractivity contribution in [3.8, 4) is 16.3 Å². The van der Waals surface area contributed by atoms with Gasteiger partial charge in [-0.25, -0.2) is 9.37 Å². The number of hydrogen-bond donors (Lipinski definition) is 1. The second-order valence-corrected chi connectivity index (χ2v) is 5.19. The van der Waals surface area contributed by atoms with Crippen molar-refractivity contribution < 1.29 is 9.50 Å². The summed E-state index contributed by atoms with van der Waals surface area (Å²) in [5, 5.41) is 10.5. The van der Waals surface area contributed by atoms with E-state index in [1.54, 1.807) is 0 Å². The predicted molar refractivity (Wildman–Crippen MR) is 77.9 cm³/mol. The first-order valence-corrected chi connectivity index (χ1v) is 7.12. The Morgan fingerprint density at radius 3 is 2.84 bits per heavy atom. The first-order chi connectivity index (χ1) is 9.15. The Kier molecular flexibility index (Phi) is 4.32. The molecule has 0 bridgehead atoms. The predicted octanol–water partition coefficient (Wildman–Crippen LogP) is 4.64. The summed E-state index contributed by atoms with van der Waals surface area (Å²) in [6.45, 7) is 4.11. The van der Waals surface area contributed by atoms with Crippen LogP contribution in [0.25, 0.3) is 16.6 Å². The molecule has 0 spiro atoms. The molecule has 0 unspecified atom stereocenters. The quantitative estimate of drug-likeness (QED) is 0.883. The number of hydrogen-bond acceptors (Lipinski definition) is 3. The minimum Gasteiger partial charge on any atom is -0.507 e. The van der Waals surface area contributed by atoms with E-state index < -0.39 is 0 Å². The Labute approximate surface area is 116 Å². The lowest BCUT2D eigenvalue weighted by Gasteiger charge is -2.00. The van der Waals surface area contributed by atoms with Crippen LogP contribution >= 0.6 is 11.3 Å². The van der Waals surface area contributed by atoms with Crippen LogP contribution in [0.1, 0.15) is 30.8 Å². The molecule has 0 saturated heterocycles. The van der Waals surface area contributed by atoms with Crippen LogP contribution in [-0.4, -0.2) is 10.1 Å². The molecule has 0 amide bonds. The fourth-order valence-corrected chi connectivity index (χ4v) is 2.88. The molecule has 2 aromatic rings. The lowest BCUT2D eigenvalue weighted by Crippen LogP contribution is -1.84. The van der Waals surface area contributed by atoms with Crippen LogP contribution in [0, 0.1) is 5.82 Å². The van der Waals surface area contributed by atoms with Crippen molar-refractivity contribution in [1.82, 2.24) is 4.98 Å². The largest absolute Gasteiger partial charge is 0.507 e. The molecule has 0 aliphatic carbocycles. The van der Waals surface area contributed by atoms with Gasteiger partial charge in [-0.2, -0.15) is 0 Å². The van der Waals surface area contributed by atoms with Crippen molar-refractivity contribution in [3.63, 3.8) is 0 Å². The van der Waals surface area contributed by atoms with Crippen molar-refractivity contribution in [2.75, 3.05) is 0 Å². The molecule has 0 atom stereocenters. The highest BCUT2D eigenvalue weighted by Gasteiger charge is 2.13. The van der Waals surface area contributed by atoms with E-state index >= 15 is 0 Å². The Balaban J connectivity index is 2.48. The summed E-state index contributed by atoms with van der Waals surface area (Å²) in [7, 11) is 0. The van der Waals surface area contributed by atoms with Crippen LogP contribution in [0.5, 0.6) is 5.75 Å². The van der Waals surface area contributed by atoms with Crippen LogP contribution in [-0.2, 0) is 6.42 Å². The highest BCUT2D eigenvalue weighted by Crippen LogP contribution is 2.35. The van der Waals surface area contributed by atoms with E-state index in [2.05, 4.69) is 18.0 Å². The lowest BCUT2D eigenvalue weighted by molar-refractivity contribution is 0.475. The third-order valence-electron chi connectivity index (χ3n) is 2.76. The van der Waals surface area contributed by atoms with Gasteiger partial charge in [0.05, 0.1) is 16.1 Å². The van der Waals surface area contributed by atoms with Crippen molar-refractivity contribution in [1.29, 1.82) is 0 Å². The summed E-state index contributed by atoms with van der Waals surface area (Å²) in [6, 6.07) is 3.92. The number of aromatic nitrogens is 1. The van der Waals surface area contributed by atoms with Crippen molar-refractivity contribution in [3.05, 3.63) is 40.7 Å². The molecule has 0 radical (unpaired) electrons. The molecule has 4 heteroatoms. The fourth-order valence-electron chi connectivity index (χ4n) is 1.77. The molecule has 1 N–H and O–H groups in total. The van der Waals surface area contributed by atoms with E-state index in [0.29, 0.717) is 10.6 Å². The standard InChI is InChI=1S/C15H16FNOS/c1-3-5-6-14-12(4-2)17-15(19-14)11-9-10(16)7-8-13(11)18/h5-9,18H,3-4H2,1-2H3/b6-5-. The van der Waals surface area contributed by atoms with Crippen molar-refractivity contribution >= 4 is 17.4 Å². The monoisotopic (exact) mass is 277 g/mol. The first-order valence-electron chi connectivity index (χ1n) is 6.30.